The van der Waals surface area contributed by atoms with Crippen molar-refractivity contribution < 1.29 is 19.1 Å². The zero-order valence-corrected chi connectivity index (χ0v) is 26.4. The number of carbonyl (C=O) groups is 2. The number of aromatic amines is 1. The van der Waals surface area contributed by atoms with E-state index in [0.717, 1.165) is 20.9 Å². The van der Waals surface area contributed by atoms with E-state index in [1.54, 1.807) is 30.3 Å². The molecular formula is C32H24Br2ClN3O4. The van der Waals surface area contributed by atoms with Crippen LogP contribution in [0.5, 0.6) is 11.5 Å². The molecule has 0 aliphatic carbocycles. The smallest absolute Gasteiger partial charge is 0.343 e. The van der Waals surface area contributed by atoms with Gasteiger partial charge >= 0.3 is 5.97 Å². The standard InChI is InChI=1S/C32H24Br2ClN3O4/c1-3-41-22-12-13-27-24(16-22)28(23-6-4-5-7-26(23)35)29(37-27)31(39)38-36-17-20-14-21(33)15-25(34)30(20)42-32(40)19-10-8-18(2)9-11-19/h4-17,37H,3H2,1-2H3,(H,38,39). The Balaban J connectivity index is 1.46. The third-order valence-electron chi connectivity index (χ3n) is 6.34. The van der Waals surface area contributed by atoms with Crippen molar-refractivity contribution in [1.29, 1.82) is 0 Å². The zero-order chi connectivity index (χ0) is 29.8. The van der Waals surface area contributed by atoms with Crippen LogP contribution in [0.2, 0.25) is 5.02 Å². The van der Waals surface area contributed by atoms with Gasteiger partial charge in [0.05, 0.1) is 22.9 Å². The van der Waals surface area contributed by atoms with Crippen LogP contribution < -0.4 is 14.9 Å². The predicted octanol–water partition coefficient (Wildman–Crippen LogP) is 8.70. The quantitative estimate of drug-likeness (QED) is 0.0730. The fourth-order valence-electron chi connectivity index (χ4n) is 4.38. The molecule has 1 aromatic heterocycles. The lowest BCUT2D eigenvalue weighted by molar-refractivity contribution is 0.0733. The highest BCUT2D eigenvalue weighted by Gasteiger charge is 2.22. The van der Waals surface area contributed by atoms with E-state index >= 15 is 0 Å². The molecule has 0 spiro atoms. The largest absolute Gasteiger partial charge is 0.494 e. The number of nitrogens with zero attached hydrogens (tertiary/aromatic N) is 1. The fourth-order valence-corrected chi connectivity index (χ4v) is 5.95. The zero-order valence-electron chi connectivity index (χ0n) is 22.5. The molecule has 5 rings (SSSR count). The number of H-pyrrole nitrogens is 1. The first-order valence-electron chi connectivity index (χ1n) is 12.9. The number of fused-ring (bicyclic) bond motifs is 1. The molecule has 0 saturated heterocycles. The average Bonchev–Trinajstić information content (AvgIpc) is 3.34. The van der Waals surface area contributed by atoms with E-state index in [2.05, 4.69) is 47.4 Å². The van der Waals surface area contributed by atoms with Crippen molar-refractivity contribution in [3.05, 3.63) is 115 Å². The lowest BCUT2D eigenvalue weighted by Gasteiger charge is -2.11. The first-order chi connectivity index (χ1) is 20.2. The maximum atomic E-state index is 13.5. The molecule has 0 radical (unpaired) electrons. The molecular weight excluding hydrogens is 686 g/mol. The minimum Gasteiger partial charge on any atom is -0.494 e. The number of aromatic nitrogens is 1. The second-order valence-electron chi connectivity index (χ2n) is 9.26. The van der Waals surface area contributed by atoms with Crippen molar-refractivity contribution in [1.82, 2.24) is 10.4 Å². The van der Waals surface area contributed by atoms with Crippen molar-refractivity contribution in [3.63, 3.8) is 0 Å². The molecule has 0 fully saturated rings. The van der Waals surface area contributed by atoms with Crippen LogP contribution in [0.3, 0.4) is 0 Å². The van der Waals surface area contributed by atoms with Crippen LogP contribution in [0.25, 0.3) is 22.0 Å². The number of nitrogens with one attached hydrogen (secondary N) is 2. The fraction of sp³-hybridized carbons (Fsp3) is 0.0938. The molecule has 0 aliphatic rings. The summed E-state index contributed by atoms with van der Waals surface area (Å²) >= 11 is 13.5. The number of aryl methyl sites for hydroxylation is 1. The number of hydrogen-bond donors (Lipinski definition) is 2. The first-order valence-corrected chi connectivity index (χ1v) is 14.9. The summed E-state index contributed by atoms with van der Waals surface area (Å²) in [5.74, 6) is -0.0731. The molecule has 0 saturated carbocycles. The highest BCUT2D eigenvalue weighted by molar-refractivity contribution is 9.11. The van der Waals surface area contributed by atoms with Gasteiger partial charge in [-0.1, -0.05) is 63.4 Å². The molecule has 42 heavy (non-hydrogen) atoms. The number of hydrogen-bond acceptors (Lipinski definition) is 5. The minimum absolute atomic E-state index is 0.257. The van der Waals surface area contributed by atoms with Crippen LogP contribution in [-0.4, -0.2) is 29.7 Å². The number of carbonyl (C=O) groups excluding carboxylic acids is 2. The molecule has 0 bridgehead atoms. The molecule has 0 atom stereocenters. The monoisotopic (exact) mass is 707 g/mol. The number of amides is 1. The lowest BCUT2D eigenvalue weighted by Crippen LogP contribution is -2.19. The molecule has 10 heteroatoms. The van der Waals surface area contributed by atoms with Gasteiger partial charge in [-0.3, -0.25) is 4.79 Å². The van der Waals surface area contributed by atoms with Crippen LogP contribution in [0.1, 0.15) is 38.9 Å². The van der Waals surface area contributed by atoms with Crippen molar-refractivity contribution in [2.24, 2.45) is 5.10 Å². The summed E-state index contributed by atoms with van der Waals surface area (Å²) in [7, 11) is 0. The summed E-state index contributed by atoms with van der Waals surface area (Å²) in [6, 6.07) is 23.4. The number of esters is 1. The SMILES string of the molecule is CCOc1ccc2[nH]c(C(=O)NN=Cc3cc(Br)cc(Br)c3OC(=O)c3ccc(C)cc3)c(-c3ccccc3Cl)c2c1. The molecule has 7 nitrogen and oxygen atoms in total. The summed E-state index contributed by atoms with van der Waals surface area (Å²) in [6.07, 6.45) is 1.41. The number of ether oxygens (including phenoxy) is 2. The third-order valence-corrected chi connectivity index (χ3v) is 7.72. The summed E-state index contributed by atoms with van der Waals surface area (Å²) in [6.45, 7) is 4.36. The molecule has 212 valence electrons. The van der Waals surface area contributed by atoms with E-state index in [-0.39, 0.29) is 11.4 Å². The van der Waals surface area contributed by atoms with E-state index in [1.165, 1.54) is 6.21 Å². The van der Waals surface area contributed by atoms with E-state index in [9.17, 15) is 9.59 Å². The summed E-state index contributed by atoms with van der Waals surface area (Å²) in [5, 5.41) is 5.47. The minimum atomic E-state index is -0.523. The summed E-state index contributed by atoms with van der Waals surface area (Å²) in [5.41, 5.74) is 6.83. The first kappa shape index (κ1) is 29.6. The molecule has 5 aromatic rings. The Hall–Kier alpha value is -3.92. The second kappa shape index (κ2) is 12.9. The summed E-state index contributed by atoms with van der Waals surface area (Å²) in [4.78, 5) is 29.5. The number of halogens is 3. The van der Waals surface area contributed by atoms with Gasteiger partial charge in [-0.15, -0.1) is 0 Å². The highest BCUT2D eigenvalue weighted by atomic mass is 79.9. The van der Waals surface area contributed by atoms with E-state index in [4.69, 9.17) is 21.1 Å². The van der Waals surface area contributed by atoms with Gasteiger partial charge in [0.25, 0.3) is 5.91 Å². The number of rotatable bonds is 8. The van der Waals surface area contributed by atoms with Crippen molar-refractivity contribution in [2.75, 3.05) is 6.61 Å². The van der Waals surface area contributed by atoms with Gasteiger partial charge in [0, 0.05) is 37.1 Å². The Labute approximate surface area is 264 Å². The van der Waals surface area contributed by atoms with Crippen molar-refractivity contribution in [2.45, 2.75) is 13.8 Å². The lowest BCUT2D eigenvalue weighted by atomic mass is 10.0. The van der Waals surface area contributed by atoms with Gasteiger partial charge in [0.2, 0.25) is 0 Å². The molecule has 2 N–H and O–H groups in total. The molecule has 1 heterocycles. The maximum Gasteiger partial charge on any atom is 0.343 e. The van der Waals surface area contributed by atoms with Gasteiger partial charge in [-0.05, 0) is 78.3 Å². The Kier molecular flexibility index (Phi) is 9.11. The van der Waals surface area contributed by atoms with Gasteiger partial charge in [-0.25, -0.2) is 10.2 Å². The van der Waals surface area contributed by atoms with Crippen molar-refractivity contribution >= 4 is 72.5 Å². The normalized spacial score (nSPS) is 11.2. The maximum absolute atomic E-state index is 13.5. The van der Waals surface area contributed by atoms with E-state index < -0.39 is 11.9 Å². The highest BCUT2D eigenvalue weighted by Crippen LogP contribution is 2.38. The van der Waals surface area contributed by atoms with E-state index in [1.807, 2.05) is 62.4 Å². The van der Waals surface area contributed by atoms with Gasteiger partial charge < -0.3 is 14.5 Å². The average molecular weight is 710 g/mol. The second-order valence-corrected chi connectivity index (χ2v) is 11.4. The van der Waals surface area contributed by atoms with Crippen LogP contribution in [0, 0.1) is 6.92 Å². The molecule has 0 aliphatic heterocycles. The topological polar surface area (TPSA) is 92.8 Å². The molecule has 4 aromatic carbocycles. The Morgan fingerprint density at radius 3 is 2.52 bits per heavy atom. The summed E-state index contributed by atoms with van der Waals surface area (Å²) < 4.78 is 12.7. The number of benzene rings is 4. The Morgan fingerprint density at radius 2 is 1.79 bits per heavy atom. The van der Waals surface area contributed by atoms with Crippen LogP contribution >= 0.6 is 43.5 Å². The predicted molar refractivity (Wildman–Crippen MR) is 173 cm³/mol. The molecule has 0 unspecified atom stereocenters. The Morgan fingerprint density at radius 1 is 1.02 bits per heavy atom. The van der Waals surface area contributed by atoms with Crippen LogP contribution in [-0.2, 0) is 0 Å². The molecule has 1 amide bonds. The van der Waals surface area contributed by atoms with E-state index in [0.29, 0.717) is 44.1 Å². The van der Waals surface area contributed by atoms with Gasteiger partial charge in [-0.2, -0.15) is 5.10 Å². The van der Waals surface area contributed by atoms with Crippen molar-refractivity contribution in [3.8, 4) is 22.6 Å². The Bertz CT molecular complexity index is 1830. The van der Waals surface area contributed by atoms with Crippen LogP contribution in [0.4, 0.5) is 0 Å². The van der Waals surface area contributed by atoms with Gasteiger partial charge in [0.1, 0.15) is 11.4 Å². The number of hydrazone groups is 1. The van der Waals surface area contributed by atoms with Crippen LogP contribution in [0.15, 0.2) is 92.9 Å². The van der Waals surface area contributed by atoms with Gasteiger partial charge in [0.15, 0.2) is 5.75 Å². The third kappa shape index (κ3) is 6.43.